The summed E-state index contributed by atoms with van der Waals surface area (Å²) in [5, 5.41) is 2.21. The summed E-state index contributed by atoms with van der Waals surface area (Å²) in [6.45, 7) is 15.7. The van der Waals surface area contributed by atoms with Crippen molar-refractivity contribution in [2.45, 2.75) is 83.5 Å². The van der Waals surface area contributed by atoms with E-state index < -0.39 is 13.3 Å². The molecule has 0 bridgehead atoms. The van der Waals surface area contributed by atoms with Crippen LogP contribution < -0.4 is 4.40 Å². The van der Waals surface area contributed by atoms with Gasteiger partial charge in [-0.2, -0.15) is 0 Å². The van der Waals surface area contributed by atoms with Gasteiger partial charge in [0.05, 0.1) is 5.58 Å². The molecule has 0 spiro atoms. The molecule has 7 aromatic rings. The summed E-state index contributed by atoms with van der Waals surface area (Å²) in [6, 6.07) is 40.5. The molecule has 4 aromatic carbocycles. The van der Waals surface area contributed by atoms with E-state index in [1.807, 2.05) is 24.4 Å². The normalized spacial score (nSPS) is 11.8. The molecule has 0 aliphatic rings. The molecule has 0 aliphatic carbocycles. The number of benzene rings is 4. The van der Waals surface area contributed by atoms with Gasteiger partial charge in [-0.05, 0) is 34.9 Å². The second-order valence-corrected chi connectivity index (χ2v) is 27.3. The van der Waals surface area contributed by atoms with Gasteiger partial charge >= 0.3 is 151 Å². The van der Waals surface area contributed by atoms with Crippen LogP contribution in [0.4, 0.5) is 0 Å². The van der Waals surface area contributed by atoms with E-state index in [1.54, 1.807) is 4.40 Å². The van der Waals surface area contributed by atoms with Crippen LogP contribution in [0.3, 0.4) is 0 Å². The molecule has 5 heteroatoms. The fraction of sp³-hybridized carbons (Fsp3) is 0.292. The maximum Gasteiger partial charge on any atom is 0.121 e. The predicted octanol–water partition coefficient (Wildman–Crippen LogP) is 12.8. The maximum atomic E-state index is 6.33. The van der Waals surface area contributed by atoms with Crippen LogP contribution in [-0.2, 0) is 31.9 Å². The van der Waals surface area contributed by atoms with Crippen LogP contribution in [0, 0.1) is 18.1 Å². The summed E-state index contributed by atoms with van der Waals surface area (Å²) in [5.41, 5.74) is 12.3. The zero-order valence-electron chi connectivity index (χ0n) is 32.9. The van der Waals surface area contributed by atoms with E-state index >= 15 is 0 Å². The molecule has 3 nitrogen and oxygen atoms in total. The summed E-state index contributed by atoms with van der Waals surface area (Å²) in [5.74, 6) is 8.46. The van der Waals surface area contributed by atoms with Gasteiger partial charge in [0.25, 0.3) is 0 Å². The SMILES string of the molecule is CC(C)Cc1cc(-c2[c-]ccc(C(C)(C)C)c2)nc[c]1[Ge]([CH3])([CH3])[CH3].CC(C)c1ccnc(-c2[c-]ccc3c2oc2cc(-c4ccccc4)ccc23)c1.[Ir]. The minimum absolute atomic E-state index is 0. The zero-order valence-corrected chi connectivity index (χ0v) is 37.4. The topological polar surface area (TPSA) is 38.9 Å². The molecule has 0 saturated heterocycles. The average molecular weight is 938 g/mol. The van der Waals surface area contributed by atoms with Gasteiger partial charge in [0, 0.05) is 31.7 Å². The van der Waals surface area contributed by atoms with Crippen molar-refractivity contribution < 1.29 is 24.5 Å². The van der Waals surface area contributed by atoms with Crippen molar-refractivity contribution in [3.05, 3.63) is 138 Å². The molecule has 275 valence electrons. The zero-order chi connectivity index (χ0) is 37.2. The van der Waals surface area contributed by atoms with Crippen LogP contribution in [0.2, 0.25) is 17.3 Å². The quantitative estimate of drug-likeness (QED) is 0.118. The van der Waals surface area contributed by atoms with E-state index in [0.717, 1.165) is 56.4 Å². The Morgan fingerprint density at radius 2 is 1.47 bits per heavy atom. The molecule has 3 aromatic heterocycles. The summed E-state index contributed by atoms with van der Waals surface area (Å²) in [4.78, 5) is 9.41. The first-order valence-corrected chi connectivity index (χ1v) is 25.9. The first kappa shape index (κ1) is 40.4. The molecule has 7 rings (SSSR count). The van der Waals surface area contributed by atoms with Crippen molar-refractivity contribution in [3.8, 4) is 33.6 Å². The number of aromatic nitrogens is 2. The van der Waals surface area contributed by atoms with Gasteiger partial charge in [-0.1, -0.05) is 78.9 Å². The van der Waals surface area contributed by atoms with Gasteiger partial charge in [-0.25, -0.2) is 0 Å². The van der Waals surface area contributed by atoms with E-state index in [0.29, 0.717) is 11.8 Å². The Balaban J connectivity index is 0.000000203. The first-order chi connectivity index (χ1) is 24.7. The number of rotatable bonds is 7. The number of hydrogen-bond acceptors (Lipinski definition) is 3. The Morgan fingerprint density at radius 1 is 0.736 bits per heavy atom. The monoisotopic (exact) mass is 939 g/mol. The Kier molecular flexibility index (Phi) is 12.7. The fourth-order valence-electron chi connectivity index (χ4n) is 6.69. The van der Waals surface area contributed by atoms with Gasteiger partial charge < -0.3 is 9.40 Å². The smallest absolute Gasteiger partial charge is 0.121 e. The Morgan fingerprint density at radius 3 is 2.15 bits per heavy atom. The molecule has 53 heavy (non-hydrogen) atoms. The van der Waals surface area contributed by atoms with E-state index in [2.05, 4.69) is 168 Å². The molecule has 0 fully saturated rings. The van der Waals surface area contributed by atoms with Crippen LogP contribution in [0.15, 0.2) is 114 Å². The third-order valence-electron chi connectivity index (χ3n) is 9.62. The molecule has 0 N–H and O–H groups in total. The fourth-order valence-corrected chi connectivity index (χ4v) is 10.0. The van der Waals surface area contributed by atoms with Crippen LogP contribution in [0.25, 0.3) is 55.6 Å². The largest absolute Gasteiger partial charge is 0.501 e. The molecule has 1 radical (unpaired) electrons. The molecule has 0 atom stereocenters. The van der Waals surface area contributed by atoms with Gasteiger partial charge in [-0.3, -0.25) is 0 Å². The molecule has 3 heterocycles. The molecular formula is C48H52GeIrN2O-2. The number of fused-ring (bicyclic) bond motifs is 3. The molecule has 0 aliphatic heterocycles. The first-order valence-electron chi connectivity index (χ1n) is 18.6. The van der Waals surface area contributed by atoms with E-state index in [9.17, 15) is 0 Å². The van der Waals surface area contributed by atoms with Crippen molar-refractivity contribution in [1.29, 1.82) is 0 Å². The van der Waals surface area contributed by atoms with Gasteiger partial charge in [-0.15, -0.1) is 18.2 Å². The second kappa shape index (κ2) is 16.7. The number of furan rings is 1. The molecule has 0 saturated carbocycles. The number of pyridine rings is 2. The Bertz CT molecular complexity index is 2310. The van der Waals surface area contributed by atoms with Crippen molar-refractivity contribution in [3.63, 3.8) is 0 Å². The molecular weight excluding hydrogens is 885 g/mol. The Hall–Kier alpha value is -3.83. The minimum Gasteiger partial charge on any atom is -0.501 e. The third-order valence-corrected chi connectivity index (χ3v) is 14.0. The van der Waals surface area contributed by atoms with Gasteiger partial charge in [0.15, 0.2) is 0 Å². The van der Waals surface area contributed by atoms with E-state index in [-0.39, 0.29) is 25.5 Å². The average Bonchev–Trinajstić information content (AvgIpc) is 3.49. The van der Waals surface area contributed by atoms with Crippen molar-refractivity contribution >= 4 is 39.6 Å². The van der Waals surface area contributed by atoms with E-state index in [1.165, 1.54) is 22.3 Å². The van der Waals surface area contributed by atoms with Crippen LogP contribution >= 0.6 is 0 Å². The Labute approximate surface area is 333 Å². The van der Waals surface area contributed by atoms with Crippen molar-refractivity contribution in [1.82, 2.24) is 9.97 Å². The standard InChI is InChI=1S/C26H20NO.C22H32GeN.Ir/c1-17(2)19-13-14-27-24(15-19)23-10-6-9-22-21-12-11-20(16-25(21)28-26(22)23)18-7-4-3-5-8-18;1-16(2)12-18-14-21(24-15-20(18)23(6,7)8)17-10-9-11-19(13-17)22(3,4)5;/h3-9,11-17H,1-2H3;9,11,13-16H,12H2,1-8H3;/q2*-1;. The van der Waals surface area contributed by atoms with E-state index in [4.69, 9.17) is 9.40 Å². The predicted molar refractivity (Wildman–Crippen MR) is 224 cm³/mol. The minimum atomic E-state index is -1.91. The third kappa shape index (κ3) is 9.46. The molecule has 0 unspecified atom stereocenters. The second-order valence-electron chi connectivity index (χ2n) is 16.7. The summed E-state index contributed by atoms with van der Waals surface area (Å²) in [7, 11) is 0. The van der Waals surface area contributed by atoms with Crippen LogP contribution in [-0.4, -0.2) is 23.2 Å². The molecule has 0 amide bonds. The van der Waals surface area contributed by atoms with Crippen molar-refractivity contribution in [2.24, 2.45) is 5.92 Å². The van der Waals surface area contributed by atoms with Gasteiger partial charge in [0.2, 0.25) is 0 Å². The number of hydrogen-bond donors (Lipinski definition) is 0. The summed E-state index contributed by atoms with van der Waals surface area (Å²) < 4.78 is 7.87. The van der Waals surface area contributed by atoms with Crippen LogP contribution in [0.5, 0.6) is 0 Å². The van der Waals surface area contributed by atoms with Crippen LogP contribution in [0.1, 0.15) is 71.1 Å². The van der Waals surface area contributed by atoms with Crippen molar-refractivity contribution in [2.75, 3.05) is 0 Å². The summed E-state index contributed by atoms with van der Waals surface area (Å²) >= 11 is -1.91. The van der Waals surface area contributed by atoms with Gasteiger partial charge in [0.1, 0.15) is 5.58 Å². The number of nitrogens with zero attached hydrogens (tertiary/aromatic N) is 2. The summed E-state index contributed by atoms with van der Waals surface area (Å²) in [6.07, 6.45) is 5.16. The maximum absolute atomic E-state index is 6.33.